The van der Waals surface area contributed by atoms with Crippen LogP contribution in [0.3, 0.4) is 0 Å². The van der Waals surface area contributed by atoms with E-state index < -0.39 is 0 Å². The molecule has 0 heterocycles. The van der Waals surface area contributed by atoms with E-state index in [4.69, 9.17) is 0 Å². The molecular formula is C11H20BrN. The molecule has 0 aromatic carbocycles. The first-order chi connectivity index (χ1) is 6.09. The van der Waals surface area contributed by atoms with E-state index in [0.29, 0.717) is 6.04 Å². The molecule has 1 aliphatic rings. The first kappa shape index (κ1) is 11.3. The van der Waals surface area contributed by atoms with Crippen molar-refractivity contribution >= 4 is 15.9 Å². The Hall–Kier alpha value is 0.180. The number of hydrogen-bond donors (Lipinski definition) is 1. The van der Waals surface area contributed by atoms with Gasteiger partial charge in [-0.15, -0.1) is 0 Å². The molecule has 0 aliphatic heterocycles. The van der Waals surface area contributed by atoms with Crippen molar-refractivity contribution in [1.29, 1.82) is 0 Å². The fourth-order valence-electron chi connectivity index (χ4n) is 2.06. The van der Waals surface area contributed by atoms with E-state index in [1.54, 1.807) is 0 Å². The van der Waals surface area contributed by atoms with Crippen LogP contribution < -0.4 is 5.32 Å². The van der Waals surface area contributed by atoms with E-state index in [0.717, 1.165) is 22.9 Å². The Morgan fingerprint density at radius 3 is 2.77 bits per heavy atom. The van der Waals surface area contributed by atoms with Crippen LogP contribution in [0.4, 0.5) is 0 Å². The van der Waals surface area contributed by atoms with Gasteiger partial charge in [-0.05, 0) is 24.7 Å². The van der Waals surface area contributed by atoms with Gasteiger partial charge in [0, 0.05) is 17.1 Å². The van der Waals surface area contributed by atoms with Gasteiger partial charge in [0.25, 0.3) is 0 Å². The fourth-order valence-corrected chi connectivity index (χ4v) is 2.22. The standard InChI is InChI=1S/C11H20BrN/c1-8-4-5-9(2)11(6-8)13-7-10(3)12/h8-9,11,13H,3-7H2,1-2H3. The Balaban J connectivity index is 2.33. The molecule has 1 saturated carbocycles. The van der Waals surface area contributed by atoms with Crippen LogP contribution in [0.1, 0.15) is 33.1 Å². The van der Waals surface area contributed by atoms with Crippen molar-refractivity contribution in [3.63, 3.8) is 0 Å². The lowest BCUT2D eigenvalue weighted by Crippen LogP contribution is -2.39. The summed E-state index contributed by atoms with van der Waals surface area (Å²) < 4.78 is 1.05. The Bertz CT molecular complexity index is 179. The second kappa shape index (κ2) is 5.16. The van der Waals surface area contributed by atoms with Crippen LogP contribution in [0.5, 0.6) is 0 Å². The quantitative estimate of drug-likeness (QED) is 0.805. The summed E-state index contributed by atoms with van der Waals surface area (Å²) in [5.74, 6) is 1.71. The third-order valence-corrected chi connectivity index (χ3v) is 3.29. The highest BCUT2D eigenvalue weighted by molar-refractivity contribution is 9.11. The summed E-state index contributed by atoms with van der Waals surface area (Å²) in [6.07, 6.45) is 4.09. The first-order valence-electron chi connectivity index (χ1n) is 5.16. The molecule has 0 bridgehead atoms. The number of hydrogen-bond acceptors (Lipinski definition) is 1. The summed E-state index contributed by atoms with van der Waals surface area (Å²) in [5.41, 5.74) is 0. The summed E-state index contributed by atoms with van der Waals surface area (Å²) >= 11 is 3.38. The molecule has 0 aromatic heterocycles. The van der Waals surface area contributed by atoms with Crippen LogP contribution in [-0.2, 0) is 0 Å². The van der Waals surface area contributed by atoms with Crippen LogP contribution in [0.15, 0.2) is 11.1 Å². The lowest BCUT2D eigenvalue weighted by molar-refractivity contribution is 0.233. The Morgan fingerprint density at radius 1 is 1.46 bits per heavy atom. The summed E-state index contributed by atoms with van der Waals surface area (Å²) in [6.45, 7) is 9.44. The van der Waals surface area contributed by atoms with Gasteiger partial charge in [-0.2, -0.15) is 0 Å². The largest absolute Gasteiger partial charge is 0.309 e. The molecule has 13 heavy (non-hydrogen) atoms. The zero-order chi connectivity index (χ0) is 9.84. The first-order valence-corrected chi connectivity index (χ1v) is 5.95. The van der Waals surface area contributed by atoms with Crippen molar-refractivity contribution in [2.75, 3.05) is 6.54 Å². The highest BCUT2D eigenvalue weighted by Gasteiger charge is 2.24. The lowest BCUT2D eigenvalue weighted by Gasteiger charge is -2.33. The topological polar surface area (TPSA) is 12.0 Å². The molecule has 0 aromatic rings. The molecule has 76 valence electrons. The highest BCUT2D eigenvalue weighted by atomic mass is 79.9. The van der Waals surface area contributed by atoms with Crippen molar-refractivity contribution in [3.8, 4) is 0 Å². The highest BCUT2D eigenvalue weighted by Crippen LogP contribution is 2.28. The number of rotatable bonds is 3. The normalized spacial score (nSPS) is 34.5. The molecule has 0 saturated heterocycles. The maximum Gasteiger partial charge on any atom is 0.0268 e. The minimum atomic E-state index is 0.693. The molecule has 1 rings (SSSR count). The minimum absolute atomic E-state index is 0.693. The van der Waals surface area contributed by atoms with Crippen LogP contribution in [0.2, 0.25) is 0 Å². The van der Waals surface area contributed by atoms with Gasteiger partial charge in [0.2, 0.25) is 0 Å². The van der Waals surface area contributed by atoms with Gasteiger partial charge in [-0.3, -0.25) is 0 Å². The zero-order valence-corrected chi connectivity index (χ0v) is 10.2. The van der Waals surface area contributed by atoms with Crippen molar-refractivity contribution in [2.45, 2.75) is 39.2 Å². The molecule has 1 nitrogen and oxygen atoms in total. The van der Waals surface area contributed by atoms with Crippen molar-refractivity contribution < 1.29 is 0 Å². The molecule has 3 unspecified atom stereocenters. The molecule has 1 aliphatic carbocycles. The smallest absolute Gasteiger partial charge is 0.0268 e. The molecule has 0 radical (unpaired) electrons. The second-order valence-electron chi connectivity index (χ2n) is 4.40. The van der Waals surface area contributed by atoms with Gasteiger partial charge >= 0.3 is 0 Å². The minimum Gasteiger partial charge on any atom is -0.309 e. The third kappa shape index (κ3) is 3.82. The summed E-state index contributed by atoms with van der Waals surface area (Å²) in [6, 6.07) is 0.693. The second-order valence-corrected chi connectivity index (χ2v) is 5.52. The van der Waals surface area contributed by atoms with E-state index in [9.17, 15) is 0 Å². The molecule has 1 N–H and O–H groups in total. The van der Waals surface area contributed by atoms with E-state index in [1.807, 2.05) is 0 Å². The molecule has 2 heteroatoms. The van der Waals surface area contributed by atoms with Crippen molar-refractivity contribution in [1.82, 2.24) is 5.32 Å². The fraction of sp³-hybridized carbons (Fsp3) is 0.818. The van der Waals surface area contributed by atoms with Gasteiger partial charge in [0.05, 0.1) is 0 Å². The predicted octanol–water partition coefficient (Wildman–Crippen LogP) is 3.31. The van der Waals surface area contributed by atoms with Crippen LogP contribution >= 0.6 is 15.9 Å². The van der Waals surface area contributed by atoms with Gasteiger partial charge in [0.15, 0.2) is 0 Å². The SMILES string of the molecule is C=C(Br)CNC1CC(C)CCC1C. The maximum atomic E-state index is 3.84. The average Bonchev–Trinajstić information content (AvgIpc) is 2.06. The molecule has 0 spiro atoms. The molecule has 0 amide bonds. The van der Waals surface area contributed by atoms with E-state index in [-0.39, 0.29) is 0 Å². The monoisotopic (exact) mass is 245 g/mol. The van der Waals surface area contributed by atoms with Crippen LogP contribution in [0, 0.1) is 11.8 Å². The maximum absolute atomic E-state index is 3.84. The molecular weight excluding hydrogens is 226 g/mol. The van der Waals surface area contributed by atoms with Crippen molar-refractivity contribution in [2.24, 2.45) is 11.8 Å². The van der Waals surface area contributed by atoms with Gasteiger partial charge < -0.3 is 5.32 Å². The van der Waals surface area contributed by atoms with E-state index in [2.05, 4.69) is 41.7 Å². The number of halogens is 1. The van der Waals surface area contributed by atoms with Crippen molar-refractivity contribution in [3.05, 3.63) is 11.1 Å². The van der Waals surface area contributed by atoms with E-state index >= 15 is 0 Å². The molecule has 3 atom stereocenters. The Labute approximate surface area is 90.1 Å². The lowest BCUT2D eigenvalue weighted by atomic mass is 9.80. The zero-order valence-electron chi connectivity index (χ0n) is 8.65. The third-order valence-electron chi connectivity index (χ3n) is 3.01. The average molecular weight is 246 g/mol. The Kier molecular flexibility index (Phi) is 4.47. The van der Waals surface area contributed by atoms with Gasteiger partial charge in [-0.1, -0.05) is 42.8 Å². The summed E-state index contributed by atoms with van der Waals surface area (Å²) in [7, 11) is 0. The van der Waals surface area contributed by atoms with Crippen LogP contribution in [0.25, 0.3) is 0 Å². The predicted molar refractivity (Wildman–Crippen MR) is 62.0 cm³/mol. The molecule has 1 fully saturated rings. The summed E-state index contributed by atoms with van der Waals surface area (Å²) in [4.78, 5) is 0. The van der Waals surface area contributed by atoms with Gasteiger partial charge in [0.1, 0.15) is 0 Å². The summed E-state index contributed by atoms with van der Waals surface area (Å²) in [5, 5.41) is 3.55. The van der Waals surface area contributed by atoms with Gasteiger partial charge in [-0.25, -0.2) is 0 Å². The van der Waals surface area contributed by atoms with E-state index in [1.165, 1.54) is 19.3 Å². The number of nitrogens with one attached hydrogen (secondary N) is 1. The Morgan fingerprint density at radius 2 is 2.15 bits per heavy atom. The van der Waals surface area contributed by atoms with Crippen LogP contribution in [-0.4, -0.2) is 12.6 Å².